The lowest BCUT2D eigenvalue weighted by Gasteiger charge is -2.33. The van der Waals surface area contributed by atoms with Gasteiger partial charge in [-0.2, -0.15) is 5.10 Å². The van der Waals surface area contributed by atoms with Gasteiger partial charge in [0, 0.05) is 19.1 Å². The van der Waals surface area contributed by atoms with E-state index in [9.17, 15) is 14.9 Å². The van der Waals surface area contributed by atoms with Crippen molar-refractivity contribution in [2.75, 3.05) is 19.6 Å². The fraction of sp³-hybridized carbons (Fsp3) is 0.692. The molecule has 116 valence electrons. The Morgan fingerprint density at radius 2 is 2.38 bits per heavy atom. The quantitative estimate of drug-likeness (QED) is 0.618. The number of nitro groups is 1. The Labute approximate surface area is 123 Å². The zero-order chi connectivity index (χ0) is 15.2. The summed E-state index contributed by atoms with van der Waals surface area (Å²) in [5.74, 6) is -0.183. The van der Waals surface area contributed by atoms with Crippen LogP contribution in [0.15, 0.2) is 12.4 Å². The van der Waals surface area contributed by atoms with E-state index in [2.05, 4.69) is 22.2 Å². The summed E-state index contributed by atoms with van der Waals surface area (Å²) in [7, 11) is 0. The van der Waals surface area contributed by atoms with Crippen LogP contribution in [0, 0.1) is 10.1 Å². The van der Waals surface area contributed by atoms with E-state index in [1.807, 2.05) is 0 Å². The van der Waals surface area contributed by atoms with Gasteiger partial charge in [-0.05, 0) is 26.3 Å². The van der Waals surface area contributed by atoms with Crippen LogP contribution < -0.4 is 5.32 Å². The molecule has 1 N–H and O–H groups in total. The average molecular weight is 295 g/mol. The number of carbonyl (C=O) groups is 1. The Balaban J connectivity index is 1.70. The molecule has 0 spiro atoms. The number of aromatic nitrogens is 2. The summed E-state index contributed by atoms with van der Waals surface area (Å²) in [6.45, 7) is 4.73. The second kappa shape index (κ2) is 7.16. The number of likely N-dealkylation sites (tertiary alicyclic amines) is 1. The molecule has 0 radical (unpaired) electrons. The number of carbonyl (C=O) groups excluding carboxylic acids is 1. The molecular weight excluding hydrogens is 274 g/mol. The van der Waals surface area contributed by atoms with Crippen molar-refractivity contribution in [3.8, 4) is 0 Å². The minimum atomic E-state index is -0.529. The van der Waals surface area contributed by atoms with E-state index >= 15 is 0 Å². The average Bonchev–Trinajstić information content (AvgIpc) is 2.89. The molecular formula is C13H21N5O3. The number of amides is 1. The highest BCUT2D eigenvalue weighted by atomic mass is 16.6. The van der Waals surface area contributed by atoms with Crippen LogP contribution in [0.25, 0.3) is 0 Å². The first-order valence-corrected chi connectivity index (χ1v) is 7.24. The lowest BCUT2D eigenvalue weighted by atomic mass is 10.0. The predicted octanol–water partition coefficient (Wildman–Crippen LogP) is 0.782. The maximum Gasteiger partial charge on any atom is 0.307 e. The molecule has 8 heteroatoms. The minimum absolute atomic E-state index is 0.00337. The van der Waals surface area contributed by atoms with Gasteiger partial charge in [0.25, 0.3) is 0 Å². The van der Waals surface area contributed by atoms with Crippen molar-refractivity contribution < 1.29 is 9.72 Å². The van der Waals surface area contributed by atoms with Crippen LogP contribution in [-0.4, -0.2) is 51.2 Å². The summed E-state index contributed by atoms with van der Waals surface area (Å²) in [5, 5.41) is 17.1. The molecule has 1 saturated heterocycles. The van der Waals surface area contributed by atoms with E-state index in [-0.39, 0.29) is 18.1 Å². The van der Waals surface area contributed by atoms with Crippen molar-refractivity contribution in [3.63, 3.8) is 0 Å². The van der Waals surface area contributed by atoms with E-state index in [0.717, 1.165) is 19.3 Å². The second-order valence-electron chi connectivity index (χ2n) is 5.38. The molecule has 1 fully saturated rings. The molecule has 8 nitrogen and oxygen atoms in total. The lowest BCUT2D eigenvalue weighted by molar-refractivity contribution is -0.385. The molecule has 1 amide bonds. The molecule has 1 aliphatic rings. The molecule has 1 aromatic rings. The van der Waals surface area contributed by atoms with Crippen molar-refractivity contribution in [2.24, 2.45) is 0 Å². The zero-order valence-corrected chi connectivity index (χ0v) is 12.2. The van der Waals surface area contributed by atoms with Crippen molar-refractivity contribution in [2.45, 2.75) is 38.8 Å². The van der Waals surface area contributed by atoms with Gasteiger partial charge in [0.2, 0.25) is 5.91 Å². The van der Waals surface area contributed by atoms with E-state index in [0.29, 0.717) is 12.6 Å². The molecule has 1 aliphatic heterocycles. The SMILES string of the molecule is C[C@H]1CCCCN1CCNC(=O)Cn1cc([N+](=O)[O-])cn1. The van der Waals surface area contributed by atoms with E-state index in [4.69, 9.17) is 0 Å². The van der Waals surface area contributed by atoms with Gasteiger partial charge < -0.3 is 5.32 Å². The summed E-state index contributed by atoms with van der Waals surface area (Å²) in [6.07, 6.45) is 6.11. The van der Waals surface area contributed by atoms with Gasteiger partial charge in [-0.25, -0.2) is 0 Å². The smallest absolute Gasteiger partial charge is 0.307 e. The Hall–Kier alpha value is -1.96. The summed E-state index contributed by atoms with van der Waals surface area (Å²) in [4.78, 5) is 24.1. The third kappa shape index (κ3) is 4.52. The number of rotatable bonds is 6. The van der Waals surface area contributed by atoms with Crippen molar-refractivity contribution >= 4 is 11.6 Å². The van der Waals surface area contributed by atoms with Crippen LogP contribution >= 0.6 is 0 Å². The third-order valence-corrected chi connectivity index (χ3v) is 3.80. The van der Waals surface area contributed by atoms with Crippen LogP contribution in [-0.2, 0) is 11.3 Å². The monoisotopic (exact) mass is 295 g/mol. The van der Waals surface area contributed by atoms with Crippen LogP contribution in [0.4, 0.5) is 5.69 Å². The first-order valence-electron chi connectivity index (χ1n) is 7.24. The van der Waals surface area contributed by atoms with Gasteiger partial charge in [0.15, 0.2) is 0 Å². The molecule has 0 aromatic carbocycles. The van der Waals surface area contributed by atoms with Gasteiger partial charge in [0.1, 0.15) is 18.9 Å². The largest absolute Gasteiger partial charge is 0.353 e. The zero-order valence-electron chi connectivity index (χ0n) is 12.2. The van der Waals surface area contributed by atoms with E-state index in [1.165, 1.54) is 30.1 Å². The van der Waals surface area contributed by atoms with Gasteiger partial charge in [0.05, 0.1) is 4.92 Å². The first kappa shape index (κ1) is 15.4. The lowest BCUT2D eigenvalue weighted by Crippen LogP contribution is -2.42. The molecule has 0 aliphatic carbocycles. The molecule has 0 saturated carbocycles. The van der Waals surface area contributed by atoms with Crippen LogP contribution in [0.2, 0.25) is 0 Å². The Morgan fingerprint density at radius 1 is 1.57 bits per heavy atom. The van der Waals surface area contributed by atoms with E-state index in [1.54, 1.807) is 0 Å². The third-order valence-electron chi connectivity index (χ3n) is 3.80. The molecule has 0 bridgehead atoms. The van der Waals surface area contributed by atoms with Crippen molar-refractivity contribution in [1.29, 1.82) is 0 Å². The molecule has 21 heavy (non-hydrogen) atoms. The first-order chi connectivity index (χ1) is 10.1. The fourth-order valence-electron chi connectivity index (χ4n) is 2.57. The molecule has 1 aromatic heterocycles. The van der Waals surface area contributed by atoms with Gasteiger partial charge >= 0.3 is 5.69 Å². The highest BCUT2D eigenvalue weighted by molar-refractivity contribution is 5.75. The van der Waals surface area contributed by atoms with E-state index < -0.39 is 4.92 Å². The Bertz CT molecular complexity index is 502. The topological polar surface area (TPSA) is 93.3 Å². The minimum Gasteiger partial charge on any atom is -0.353 e. The van der Waals surface area contributed by atoms with Gasteiger partial charge in [-0.15, -0.1) is 0 Å². The number of hydrogen-bond donors (Lipinski definition) is 1. The summed E-state index contributed by atoms with van der Waals surface area (Å²) >= 11 is 0. The van der Waals surface area contributed by atoms with Crippen molar-refractivity contribution in [1.82, 2.24) is 20.0 Å². The van der Waals surface area contributed by atoms with Gasteiger partial charge in [-0.3, -0.25) is 24.5 Å². The molecule has 2 rings (SSSR count). The van der Waals surface area contributed by atoms with Crippen molar-refractivity contribution in [3.05, 3.63) is 22.5 Å². The highest BCUT2D eigenvalue weighted by Crippen LogP contribution is 2.15. The van der Waals surface area contributed by atoms with Gasteiger partial charge in [-0.1, -0.05) is 6.42 Å². The fourth-order valence-corrected chi connectivity index (χ4v) is 2.57. The summed E-state index contributed by atoms with van der Waals surface area (Å²) < 4.78 is 1.27. The number of nitrogens with zero attached hydrogens (tertiary/aromatic N) is 4. The second-order valence-corrected chi connectivity index (χ2v) is 5.38. The molecule has 0 unspecified atom stereocenters. The Kier molecular flexibility index (Phi) is 5.26. The maximum absolute atomic E-state index is 11.8. The normalized spacial score (nSPS) is 19.4. The van der Waals surface area contributed by atoms with Crippen LogP contribution in [0.1, 0.15) is 26.2 Å². The summed E-state index contributed by atoms with van der Waals surface area (Å²) in [6, 6.07) is 0.574. The standard InChI is InChI=1S/C13H21N5O3/c1-11-4-2-3-6-16(11)7-5-14-13(19)10-17-9-12(8-15-17)18(20)21/h8-9,11H,2-7,10H2,1H3,(H,14,19)/t11-/m0/s1. The number of nitrogens with one attached hydrogen (secondary N) is 1. The maximum atomic E-state index is 11.8. The predicted molar refractivity (Wildman–Crippen MR) is 76.8 cm³/mol. The molecule has 1 atom stereocenters. The van der Waals surface area contributed by atoms with Crippen LogP contribution in [0.3, 0.4) is 0 Å². The highest BCUT2D eigenvalue weighted by Gasteiger charge is 2.17. The molecule has 2 heterocycles. The van der Waals surface area contributed by atoms with Crippen LogP contribution in [0.5, 0.6) is 0 Å². The Morgan fingerprint density at radius 3 is 3.05 bits per heavy atom. The number of hydrogen-bond acceptors (Lipinski definition) is 5. The number of piperidine rings is 1. The summed E-state index contributed by atoms with van der Waals surface area (Å²) in [5.41, 5.74) is -0.107.